The van der Waals surface area contributed by atoms with Crippen LogP contribution in [0.15, 0.2) is 54.7 Å². The smallest absolute Gasteiger partial charge is 0.271 e. The molecule has 0 spiro atoms. The molecule has 3 aromatic rings. The lowest BCUT2D eigenvalue weighted by molar-refractivity contribution is 0.0662. The topological polar surface area (TPSA) is 126 Å². The summed E-state index contributed by atoms with van der Waals surface area (Å²) in [6.45, 7) is 2.85. The van der Waals surface area contributed by atoms with Crippen molar-refractivity contribution in [1.29, 1.82) is 0 Å². The monoisotopic (exact) mass is 609 g/mol. The van der Waals surface area contributed by atoms with Gasteiger partial charge in [0, 0.05) is 42.0 Å². The van der Waals surface area contributed by atoms with Gasteiger partial charge in [-0.3, -0.25) is 9.59 Å². The Labute approximate surface area is 264 Å². The molecule has 7 rings (SSSR count). The fourth-order valence-corrected chi connectivity index (χ4v) is 7.42. The summed E-state index contributed by atoms with van der Waals surface area (Å²) in [6.07, 6.45) is 10.7. The van der Waals surface area contributed by atoms with Crippen LogP contribution < -0.4 is 26.0 Å². The minimum absolute atomic E-state index is 0.0266. The molecule has 10 heteroatoms. The van der Waals surface area contributed by atoms with Crippen LogP contribution in [0.3, 0.4) is 0 Å². The van der Waals surface area contributed by atoms with E-state index in [9.17, 15) is 9.59 Å². The van der Waals surface area contributed by atoms with E-state index in [0.29, 0.717) is 35.2 Å². The lowest BCUT2D eigenvalue weighted by Gasteiger charge is -2.40. The number of rotatable bonds is 9. The molecular weight excluding hydrogens is 566 g/mol. The molecule has 1 aliphatic carbocycles. The molecule has 10 nitrogen and oxygen atoms in total. The van der Waals surface area contributed by atoms with Crippen LogP contribution in [0.5, 0.6) is 5.75 Å². The fraction of sp³-hybridized carbons (Fsp3) is 0.486. The van der Waals surface area contributed by atoms with Gasteiger partial charge < -0.3 is 30.9 Å². The number of ether oxygens (including phenoxy) is 1. The van der Waals surface area contributed by atoms with E-state index >= 15 is 0 Å². The summed E-state index contributed by atoms with van der Waals surface area (Å²) in [5, 5.41) is 6.50. The van der Waals surface area contributed by atoms with Gasteiger partial charge in [0.2, 0.25) is 0 Å². The Hall–Kier alpha value is -4.18. The highest BCUT2D eigenvalue weighted by molar-refractivity contribution is 5.96. The van der Waals surface area contributed by atoms with E-state index in [1.165, 1.54) is 31.2 Å². The number of fused-ring (bicyclic) bond motifs is 2. The number of hydrogen-bond donors (Lipinski definition) is 3. The number of carbonyl (C=O) groups excluding carboxylic acids is 2. The van der Waals surface area contributed by atoms with Crippen molar-refractivity contribution < 1.29 is 14.3 Å². The molecule has 1 saturated carbocycles. The van der Waals surface area contributed by atoms with E-state index < -0.39 is 5.91 Å². The zero-order valence-electron chi connectivity index (χ0n) is 26.1. The summed E-state index contributed by atoms with van der Waals surface area (Å²) in [5.74, 6) is 1.70. The highest BCUT2D eigenvalue weighted by Crippen LogP contribution is 2.40. The van der Waals surface area contributed by atoms with Crippen molar-refractivity contribution >= 4 is 29.1 Å². The van der Waals surface area contributed by atoms with E-state index in [0.717, 1.165) is 43.7 Å². The summed E-state index contributed by atoms with van der Waals surface area (Å²) in [5.41, 5.74) is 8.50. The molecule has 0 radical (unpaired) electrons. The number of nitrogens with one attached hydrogen (secondary N) is 2. The van der Waals surface area contributed by atoms with Gasteiger partial charge in [0.15, 0.2) is 11.5 Å². The Bertz CT molecular complexity index is 1530. The molecule has 45 heavy (non-hydrogen) atoms. The first-order chi connectivity index (χ1) is 21.8. The first kappa shape index (κ1) is 29.5. The van der Waals surface area contributed by atoms with Crippen LogP contribution in [-0.2, 0) is 0 Å². The van der Waals surface area contributed by atoms with Crippen LogP contribution in [0.4, 0.5) is 17.3 Å². The van der Waals surface area contributed by atoms with Gasteiger partial charge in [0.05, 0.1) is 6.20 Å². The first-order valence-electron chi connectivity index (χ1n) is 16.4. The normalized spacial score (nSPS) is 26.4. The van der Waals surface area contributed by atoms with Gasteiger partial charge in [-0.2, -0.15) is 0 Å². The molecule has 3 saturated heterocycles. The second-order valence-electron chi connectivity index (χ2n) is 13.3. The van der Waals surface area contributed by atoms with Crippen molar-refractivity contribution in [2.24, 2.45) is 5.73 Å². The number of carbonyl (C=O) groups is 2. The largest absolute Gasteiger partial charge is 0.490 e. The van der Waals surface area contributed by atoms with Crippen LogP contribution >= 0.6 is 0 Å². The molecule has 4 fully saturated rings. The van der Waals surface area contributed by atoms with E-state index in [2.05, 4.69) is 51.5 Å². The van der Waals surface area contributed by atoms with Crippen LogP contribution in [-0.4, -0.2) is 70.5 Å². The standard InChI is InChI=1S/C35H43N7O3/c1-21-30(39-35(44)24-9-7-23(8-10-24)22-5-6-22)4-3-17-42(21)31-20-37-32(33(36)43)34(40-31)38-25-11-15-28(16-12-25)45-29-18-26-13-14-27(19-29)41(26)2/h7-12,15-16,20-22,26-27,29-30H,3-6,13-14,17-19H2,1-2H3,(H2,36,43)(H,38,40)(H,39,44)/t21-,26-,27+,29?,30-/m1/s1. The minimum atomic E-state index is -0.655. The maximum Gasteiger partial charge on any atom is 0.271 e. The lowest BCUT2D eigenvalue weighted by Crippen LogP contribution is -2.54. The van der Waals surface area contributed by atoms with Crippen molar-refractivity contribution in [2.75, 3.05) is 23.8 Å². The number of nitrogens with two attached hydrogens (primary N) is 1. The second-order valence-corrected chi connectivity index (χ2v) is 13.3. The van der Waals surface area contributed by atoms with Gasteiger partial charge in [-0.25, -0.2) is 9.97 Å². The van der Waals surface area contributed by atoms with Crippen LogP contribution in [0.1, 0.15) is 90.6 Å². The third kappa shape index (κ3) is 6.33. The zero-order valence-corrected chi connectivity index (χ0v) is 26.1. The molecule has 4 heterocycles. The van der Waals surface area contributed by atoms with E-state index in [1.807, 2.05) is 36.4 Å². The van der Waals surface area contributed by atoms with Crippen molar-refractivity contribution in [3.05, 3.63) is 71.5 Å². The second kappa shape index (κ2) is 12.3. The molecule has 4 N–H and O–H groups in total. The maximum atomic E-state index is 13.1. The molecule has 2 amide bonds. The number of anilines is 3. The number of hydrogen-bond acceptors (Lipinski definition) is 8. The van der Waals surface area contributed by atoms with Crippen molar-refractivity contribution in [1.82, 2.24) is 20.2 Å². The third-order valence-electron chi connectivity index (χ3n) is 10.3. The van der Waals surface area contributed by atoms with Crippen LogP contribution in [0.2, 0.25) is 0 Å². The highest BCUT2D eigenvalue weighted by Gasteiger charge is 2.39. The van der Waals surface area contributed by atoms with Gasteiger partial charge in [-0.05, 0) is 113 Å². The summed E-state index contributed by atoms with van der Waals surface area (Å²) in [6, 6.07) is 16.9. The summed E-state index contributed by atoms with van der Waals surface area (Å²) in [7, 11) is 2.23. The number of piperidine rings is 2. The third-order valence-corrected chi connectivity index (χ3v) is 10.3. The number of primary amides is 1. The van der Waals surface area contributed by atoms with E-state index in [1.54, 1.807) is 6.20 Å². The molecule has 2 aromatic carbocycles. The summed E-state index contributed by atoms with van der Waals surface area (Å²) >= 11 is 0. The molecule has 3 aliphatic heterocycles. The summed E-state index contributed by atoms with van der Waals surface area (Å²) < 4.78 is 6.35. The van der Waals surface area contributed by atoms with Crippen molar-refractivity contribution in [3.63, 3.8) is 0 Å². The Morgan fingerprint density at radius 1 is 0.956 bits per heavy atom. The average Bonchev–Trinajstić information content (AvgIpc) is 3.86. The molecular formula is C35H43N7O3. The first-order valence-corrected chi connectivity index (χ1v) is 16.4. The average molecular weight is 610 g/mol. The Morgan fingerprint density at radius 2 is 1.67 bits per heavy atom. The molecule has 4 aliphatic rings. The quantitative estimate of drug-likeness (QED) is 0.310. The number of aromatic nitrogens is 2. The molecule has 236 valence electrons. The maximum absolute atomic E-state index is 13.1. The SMILES string of the molecule is C[C@@H]1[C@H](NC(=O)c2ccc(C3CC3)cc2)CCCN1c1cnc(C(N)=O)c(Nc2ccc(OC3C[C@H]4CC[C@@H](C3)N4C)cc2)n1. The highest BCUT2D eigenvalue weighted by atomic mass is 16.5. The van der Waals surface area contributed by atoms with Gasteiger partial charge in [-0.15, -0.1) is 0 Å². The Balaban J connectivity index is 1.02. The van der Waals surface area contributed by atoms with Gasteiger partial charge in [0.25, 0.3) is 11.8 Å². The molecule has 5 atom stereocenters. The molecule has 2 bridgehead atoms. The Morgan fingerprint density at radius 3 is 2.33 bits per heavy atom. The van der Waals surface area contributed by atoms with Gasteiger partial charge in [0.1, 0.15) is 17.7 Å². The van der Waals surface area contributed by atoms with Gasteiger partial charge in [-0.1, -0.05) is 12.1 Å². The van der Waals surface area contributed by atoms with Crippen LogP contribution in [0, 0.1) is 0 Å². The zero-order chi connectivity index (χ0) is 31.1. The van der Waals surface area contributed by atoms with E-state index in [4.69, 9.17) is 15.5 Å². The summed E-state index contributed by atoms with van der Waals surface area (Å²) in [4.78, 5) is 39.3. The van der Waals surface area contributed by atoms with Crippen molar-refractivity contribution in [3.8, 4) is 5.75 Å². The lowest BCUT2D eigenvalue weighted by atomic mass is 9.97. The predicted molar refractivity (Wildman–Crippen MR) is 174 cm³/mol. The van der Waals surface area contributed by atoms with E-state index in [-0.39, 0.29) is 29.8 Å². The minimum Gasteiger partial charge on any atom is -0.490 e. The van der Waals surface area contributed by atoms with Crippen LogP contribution in [0.25, 0.3) is 0 Å². The fourth-order valence-electron chi connectivity index (χ4n) is 7.42. The molecule has 1 unspecified atom stereocenters. The number of nitrogens with zero attached hydrogens (tertiary/aromatic N) is 4. The molecule has 1 aromatic heterocycles. The number of benzene rings is 2. The van der Waals surface area contributed by atoms with Gasteiger partial charge >= 0.3 is 0 Å². The number of amides is 2. The van der Waals surface area contributed by atoms with Crippen molar-refractivity contribution in [2.45, 2.75) is 94.5 Å². The predicted octanol–water partition coefficient (Wildman–Crippen LogP) is 4.99. The Kier molecular flexibility index (Phi) is 8.08.